The summed E-state index contributed by atoms with van der Waals surface area (Å²) in [5.74, 6) is -0.0162. The van der Waals surface area contributed by atoms with Crippen LogP contribution in [0.2, 0.25) is 0 Å². The van der Waals surface area contributed by atoms with Crippen LogP contribution in [0.1, 0.15) is 32.3 Å². The summed E-state index contributed by atoms with van der Waals surface area (Å²) < 4.78 is 0. The SMILES string of the molecule is CCC(CC)NC(=O)/C=C/c1ccccc1. The quantitative estimate of drug-likeness (QED) is 0.755. The number of rotatable bonds is 5. The maximum absolute atomic E-state index is 11.5. The van der Waals surface area contributed by atoms with Gasteiger partial charge in [0.15, 0.2) is 0 Å². The van der Waals surface area contributed by atoms with E-state index in [1.165, 1.54) is 0 Å². The molecule has 0 heterocycles. The molecule has 0 atom stereocenters. The largest absolute Gasteiger partial charge is 0.350 e. The summed E-state index contributed by atoms with van der Waals surface area (Å²) in [6.07, 6.45) is 5.37. The summed E-state index contributed by atoms with van der Waals surface area (Å²) in [5, 5.41) is 2.96. The lowest BCUT2D eigenvalue weighted by atomic mass is 10.1. The Kier molecular flexibility index (Phi) is 5.34. The normalized spacial score (nSPS) is 10.9. The van der Waals surface area contributed by atoms with E-state index in [1.807, 2.05) is 36.4 Å². The molecule has 0 aliphatic carbocycles. The van der Waals surface area contributed by atoms with Gasteiger partial charge in [-0.15, -0.1) is 0 Å². The van der Waals surface area contributed by atoms with Crippen LogP contribution in [0.5, 0.6) is 0 Å². The Hall–Kier alpha value is -1.57. The number of amides is 1. The third kappa shape index (κ3) is 4.30. The molecule has 1 aromatic carbocycles. The molecule has 2 heteroatoms. The predicted molar refractivity (Wildman–Crippen MR) is 68.0 cm³/mol. The van der Waals surface area contributed by atoms with E-state index in [4.69, 9.17) is 0 Å². The molecule has 86 valence electrons. The molecular weight excluding hydrogens is 198 g/mol. The maximum Gasteiger partial charge on any atom is 0.244 e. The van der Waals surface area contributed by atoms with Crippen molar-refractivity contribution in [1.82, 2.24) is 5.32 Å². The van der Waals surface area contributed by atoms with Crippen molar-refractivity contribution >= 4 is 12.0 Å². The van der Waals surface area contributed by atoms with Crippen molar-refractivity contribution in [2.45, 2.75) is 32.7 Å². The Labute approximate surface area is 97.4 Å². The zero-order valence-electron chi connectivity index (χ0n) is 9.94. The van der Waals surface area contributed by atoms with E-state index in [9.17, 15) is 4.79 Å². The van der Waals surface area contributed by atoms with Crippen molar-refractivity contribution in [1.29, 1.82) is 0 Å². The minimum Gasteiger partial charge on any atom is -0.350 e. The summed E-state index contributed by atoms with van der Waals surface area (Å²) in [4.78, 5) is 11.5. The van der Waals surface area contributed by atoms with E-state index in [0.717, 1.165) is 18.4 Å². The van der Waals surface area contributed by atoms with Crippen molar-refractivity contribution in [2.24, 2.45) is 0 Å². The monoisotopic (exact) mass is 217 g/mol. The van der Waals surface area contributed by atoms with Crippen molar-refractivity contribution < 1.29 is 4.79 Å². The second kappa shape index (κ2) is 6.83. The molecule has 0 spiro atoms. The Morgan fingerprint density at radius 1 is 1.25 bits per heavy atom. The first-order chi connectivity index (χ1) is 7.76. The zero-order valence-corrected chi connectivity index (χ0v) is 9.94. The maximum atomic E-state index is 11.5. The van der Waals surface area contributed by atoms with E-state index < -0.39 is 0 Å². The predicted octanol–water partition coefficient (Wildman–Crippen LogP) is 3.00. The average Bonchev–Trinajstić information content (AvgIpc) is 2.34. The lowest BCUT2D eigenvalue weighted by Crippen LogP contribution is -2.32. The fourth-order valence-electron chi connectivity index (χ4n) is 1.48. The number of nitrogens with one attached hydrogen (secondary N) is 1. The van der Waals surface area contributed by atoms with Crippen molar-refractivity contribution in [3.05, 3.63) is 42.0 Å². The van der Waals surface area contributed by atoms with Crippen LogP contribution >= 0.6 is 0 Å². The second-order valence-electron chi connectivity index (χ2n) is 3.77. The number of hydrogen-bond acceptors (Lipinski definition) is 1. The Morgan fingerprint density at radius 2 is 1.88 bits per heavy atom. The highest BCUT2D eigenvalue weighted by Gasteiger charge is 2.04. The van der Waals surface area contributed by atoms with Gasteiger partial charge in [-0.3, -0.25) is 4.79 Å². The van der Waals surface area contributed by atoms with Gasteiger partial charge in [0.1, 0.15) is 0 Å². The fraction of sp³-hybridized carbons (Fsp3) is 0.357. The topological polar surface area (TPSA) is 29.1 Å². The number of carbonyl (C=O) groups excluding carboxylic acids is 1. The van der Waals surface area contributed by atoms with Gasteiger partial charge >= 0.3 is 0 Å². The molecule has 0 fully saturated rings. The van der Waals surface area contributed by atoms with Crippen molar-refractivity contribution in [3.63, 3.8) is 0 Å². The number of hydrogen-bond donors (Lipinski definition) is 1. The highest BCUT2D eigenvalue weighted by molar-refractivity contribution is 5.91. The first-order valence-corrected chi connectivity index (χ1v) is 5.79. The molecule has 1 rings (SSSR count). The molecule has 0 aliphatic heterocycles. The van der Waals surface area contributed by atoms with Crippen LogP contribution in [0, 0.1) is 0 Å². The summed E-state index contributed by atoms with van der Waals surface area (Å²) in [6.45, 7) is 4.16. The smallest absolute Gasteiger partial charge is 0.244 e. The van der Waals surface area contributed by atoms with E-state index >= 15 is 0 Å². The van der Waals surface area contributed by atoms with Crippen LogP contribution in [-0.4, -0.2) is 11.9 Å². The van der Waals surface area contributed by atoms with Crippen molar-refractivity contribution in [2.75, 3.05) is 0 Å². The minimum absolute atomic E-state index is 0.0162. The van der Waals surface area contributed by atoms with Crippen LogP contribution in [0.3, 0.4) is 0 Å². The van der Waals surface area contributed by atoms with Gasteiger partial charge in [0, 0.05) is 12.1 Å². The highest BCUT2D eigenvalue weighted by atomic mass is 16.1. The van der Waals surface area contributed by atoms with E-state index in [2.05, 4.69) is 19.2 Å². The molecule has 0 saturated heterocycles. The van der Waals surface area contributed by atoms with Gasteiger partial charge < -0.3 is 5.32 Å². The molecule has 1 aromatic rings. The average molecular weight is 217 g/mol. The van der Waals surface area contributed by atoms with E-state index in [0.29, 0.717) is 0 Å². The lowest BCUT2D eigenvalue weighted by molar-refractivity contribution is -0.117. The molecular formula is C14H19NO. The molecule has 1 N–H and O–H groups in total. The molecule has 2 nitrogen and oxygen atoms in total. The van der Waals surface area contributed by atoms with Gasteiger partial charge in [-0.1, -0.05) is 44.2 Å². The number of carbonyl (C=O) groups is 1. The van der Waals surface area contributed by atoms with E-state index in [-0.39, 0.29) is 11.9 Å². The van der Waals surface area contributed by atoms with Crippen LogP contribution in [0.15, 0.2) is 36.4 Å². The highest BCUT2D eigenvalue weighted by Crippen LogP contribution is 2.01. The van der Waals surface area contributed by atoms with Crippen molar-refractivity contribution in [3.8, 4) is 0 Å². The van der Waals surface area contributed by atoms with Crippen LogP contribution in [0.25, 0.3) is 6.08 Å². The third-order valence-electron chi connectivity index (χ3n) is 2.56. The molecule has 0 radical (unpaired) electrons. The molecule has 0 unspecified atom stereocenters. The van der Waals surface area contributed by atoms with Gasteiger partial charge in [-0.2, -0.15) is 0 Å². The first-order valence-electron chi connectivity index (χ1n) is 5.79. The third-order valence-corrected chi connectivity index (χ3v) is 2.56. The lowest BCUT2D eigenvalue weighted by Gasteiger charge is -2.12. The van der Waals surface area contributed by atoms with Gasteiger partial charge in [0.25, 0.3) is 0 Å². The summed E-state index contributed by atoms with van der Waals surface area (Å²) in [7, 11) is 0. The van der Waals surface area contributed by atoms with E-state index in [1.54, 1.807) is 6.08 Å². The Balaban J connectivity index is 2.48. The van der Waals surface area contributed by atoms with Crippen LogP contribution in [-0.2, 0) is 4.79 Å². The number of benzene rings is 1. The molecule has 1 amide bonds. The van der Waals surface area contributed by atoms with Gasteiger partial charge in [0.2, 0.25) is 5.91 Å². The standard InChI is InChI=1S/C14H19NO/c1-3-13(4-2)15-14(16)11-10-12-8-6-5-7-9-12/h5-11,13H,3-4H2,1-2H3,(H,15,16)/b11-10+. The van der Waals surface area contributed by atoms with Crippen LogP contribution < -0.4 is 5.32 Å². The Bertz CT molecular complexity index is 339. The molecule has 0 aliphatic rings. The summed E-state index contributed by atoms with van der Waals surface area (Å²) >= 11 is 0. The zero-order chi connectivity index (χ0) is 11.8. The Morgan fingerprint density at radius 3 is 2.44 bits per heavy atom. The minimum atomic E-state index is -0.0162. The van der Waals surface area contributed by atoms with Gasteiger partial charge in [0.05, 0.1) is 0 Å². The first kappa shape index (κ1) is 12.5. The molecule has 0 saturated carbocycles. The fourth-order valence-corrected chi connectivity index (χ4v) is 1.48. The molecule has 16 heavy (non-hydrogen) atoms. The van der Waals surface area contributed by atoms with Gasteiger partial charge in [-0.05, 0) is 24.5 Å². The summed E-state index contributed by atoms with van der Waals surface area (Å²) in [6, 6.07) is 10.1. The second-order valence-corrected chi connectivity index (χ2v) is 3.77. The van der Waals surface area contributed by atoms with Gasteiger partial charge in [-0.25, -0.2) is 0 Å². The van der Waals surface area contributed by atoms with Crippen LogP contribution in [0.4, 0.5) is 0 Å². The molecule has 0 bridgehead atoms. The summed E-state index contributed by atoms with van der Waals surface area (Å²) in [5.41, 5.74) is 1.04. The molecule has 0 aromatic heterocycles.